The summed E-state index contributed by atoms with van der Waals surface area (Å²) in [6.07, 6.45) is 6.00. The van der Waals surface area contributed by atoms with Crippen LogP contribution in [0.4, 0.5) is 4.39 Å². The fourth-order valence-electron chi connectivity index (χ4n) is 3.18. The first-order valence-corrected chi connectivity index (χ1v) is 10.3. The fraction of sp³-hybridized carbons (Fsp3) is 0.579. The number of aromatic nitrogens is 2. The number of aryl methyl sites for hydroxylation is 1. The molecule has 7 heteroatoms. The van der Waals surface area contributed by atoms with Gasteiger partial charge in [-0.25, -0.2) is 9.37 Å². The zero-order chi connectivity index (χ0) is 18.5. The van der Waals surface area contributed by atoms with Crippen molar-refractivity contribution in [2.75, 3.05) is 0 Å². The zero-order valence-corrected chi connectivity index (χ0v) is 16.2. The zero-order valence-electron chi connectivity index (χ0n) is 15.3. The molecule has 4 rings (SSSR count). The maximum absolute atomic E-state index is 14.3. The van der Waals surface area contributed by atoms with Crippen LogP contribution in [0.5, 0.6) is 0 Å². The second-order valence-electron chi connectivity index (χ2n) is 8.13. The van der Waals surface area contributed by atoms with Crippen LogP contribution >= 0.6 is 0 Å². The highest BCUT2D eigenvalue weighted by Gasteiger charge is 2.35. The molecule has 5 nitrogen and oxygen atoms in total. The third-order valence-electron chi connectivity index (χ3n) is 4.86. The van der Waals surface area contributed by atoms with Gasteiger partial charge in [-0.3, -0.25) is 4.98 Å². The molecule has 0 aliphatic heterocycles. The van der Waals surface area contributed by atoms with Gasteiger partial charge in [0.25, 0.3) is 0 Å². The van der Waals surface area contributed by atoms with E-state index in [0.717, 1.165) is 49.3 Å². The summed E-state index contributed by atoms with van der Waals surface area (Å²) in [5, 5.41) is 0. The molecule has 1 saturated carbocycles. The summed E-state index contributed by atoms with van der Waals surface area (Å²) in [5.74, 6) is 1.07. The van der Waals surface area contributed by atoms with Crippen molar-refractivity contribution < 1.29 is 13.4 Å². The van der Waals surface area contributed by atoms with Gasteiger partial charge in [0.05, 0.1) is 17.8 Å². The van der Waals surface area contributed by atoms with Crippen molar-refractivity contribution in [3.63, 3.8) is 0 Å². The van der Waals surface area contributed by atoms with E-state index in [1.165, 1.54) is 6.20 Å². The standard InChI is InChI=1S/C19H24FN3O2S/c1-19(2,3)26(24)23-14-5-4-6-16-17(14)22-18(25-16)12-9-15(11-7-8-11)21-10-13(12)20/h9-11,14,23H,4-8H2,1-3H3/t14-,26?/m0/s1. The normalized spacial score (nSPS) is 21.5. The van der Waals surface area contributed by atoms with Gasteiger partial charge in [0.15, 0.2) is 5.82 Å². The quantitative estimate of drug-likeness (QED) is 0.809. The van der Waals surface area contributed by atoms with Crippen LogP contribution in [0, 0.1) is 5.82 Å². The summed E-state index contributed by atoms with van der Waals surface area (Å²) in [4.78, 5) is 8.78. The summed E-state index contributed by atoms with van der Waals surface area (Å²) < 4.78 is 35.5. The molecule has 140 valence electrons. The lowest BCUT2D eigenvalue weighted by molar-refractivity contribution is 0.437. The van der Waals surface area contributed by atoms with Crippen LogP contribution in [0.15, 0.2) is 16.7 Å². The van der Waals surface area contributed by atoms with Crippen molar-refractivity contribution in [3.05, 3.63) is 35.2 Å². The minimum atomic E-state index is -1.20. The molecule has 1 N–H and O–H groups in total. The van der Waals surface area contributed by atoms with Gasteiger partial charge in [-0.1, -0.05) is 0 Å². The Morgan fingerprint density at radius 3 is 2.77 bits per heavy atom. The van der Waals surface area contributed by atoms with E-state index in [-0.39, 0.29) is 10.8 Å². The average molecular weight is 377 g/mol. The van der Waals surface area contributed by atoms with E-state index in [0.29, 0.717) is 17.4 Å². The van der Waals surface area contributed by atoms with E-state index in [1.807, 2.05) is 20.8 Å². The molecule has 0 aromatic carbocycles. The van der Waals surface area contributed by atoms with E-state index in [9.17, 15) is 8.94 Å². The lowest BCUT2D eigenvalue weighted by atomic mass is 9.98. The molecule has 2 aliphatic carbocycles. The van der Waals surface area contributed by atoms with Crippen LogP contribution in [0.3, 0.4) is 0 Å². The molecule has 2 atom stereocenters. The van der Waals surface area contributed by atoms with Gasteiger partial charge in [-0.2, -0.15) is 0 Å². The van der Waals surface area contributed by atoms with Crippen molar-refractivity contribution in [1.29, 1.82) is 0 Å². The summed E-state index contributed by atoms with van der Waals surface area (Å²) in [7, 11) is 0. The minimum Gasteiger partial charge on any atom is -0.598 e. The molecule has 26 heavy (non-hydrogen) atoms. The molecule has 1 fully saturated rings. The third-order valence-corrected chi connectivity index (χ3v) is 6.47. The number of nitrogens with zero attached hydrogens (tertiary/aromatic N) is 2. The van der Waals surface area contributed by atoms with Crippen molar-refractivity contribution in [2.45, 2.75) is 69.6 Å². The topological polar surface area (TPSA) is 74.0 Å². The molecule has 0 bridgehead atoms. The smallest absolute Gasteiger partial charge is 0.229 e. The van der Waals surface area contributed by atoms with Gasteiger partial charge in [0.1, 0.15) is 16.2 Å². The highest BCUT2D eigenvalue weighted by atomic mass is 32.2. The Kier molecular flexibility index (Phi) is 4.57. The molecule has 2 aromatic rings. The van der Waals surface area contributed by atoms with Gasteiger partial charge in [-0.05, 0) is 52.5 Å². The number of rotatable bonds is 4. The number of hydrogen-bond donors (Lipinski definition) is 1. The molecule has 0 amide bonds. The maximum atomic E-state index is 14.3. The molecule has 2 aliphatic rings. The summed E-state index contributed by atoms with van der Waals surface area (Å²) in [5.41, 5.74) is 2.03. The Balaban J connectivity index is 1.64. The van der Waals surface area contributed by atoms with Gasteiger partial charge in [0.2, 0.25) is 5.89 Å². The second-order valence-corrected chi connectivity index (χ2v) is 10.1. The van der Waals surface area contributed by atoms with Crippen LogP contribution in [-0.2, 0) is 17.8 Å². The lowest BCUT2D eigenvalue weighted by Crippen LogP contribution is -2.42. The Morgan fingerprint density at radius 2 is 2.08 bits per heavy atom. The highest BCUT2D eigenvalue weighted by Crippen LogP contribution is 2.41. The molecule has 0 spiro atoms. The minimum absolute atomic E-state index is 0.135. The number of oxazole rings is 1. The van der Waals surface area contributed by atoms with Crippen LogP contribution in [0.2, 0.25) is 0 Å². The first-order chi connectivity index (χ1) is 12.3. The molecule has 2 heterocycles. The Hall–Kier alpha value is -1.44. The summed E-state index contributed by atoms with van der Waals surface area (Å²) in [6.45, 7) is 5.79. The van der Waals surface area contributed by atoms with Gasteiger partial charge < -0.3 is 8.97 Å². The van der Waals surface area contributed by atoms with Crippen molar-refractivity contribution in [2.24, 2.45) is 0 Å². The van der Waals surface area contributed by atoms with Crippen molar-refractivity contribution in [1.82, 2.24) is 14.7 Å². The van der Waals surface area contributed by atoms with Crippen LogP contribution in [0.1, 0.15) is 75.6 Å². The van der Waals surface area contributed by atoms with Gasteiger partial charge >= 0.3 is 0 Å². The number of halogens is 1. The molecule has 2 aromatic heterocycles. The van der Waals surface area contributed by atoms with E-state index in [1.54, 1.807) is 6.07 Å². The van der Waals surface area contributed by atoms with E-state index in [2.05, 4.69) is 14.7 Å². The summed E-state index contributed by atoms with van der Waals surface area (Å²) >= 11 is -1.20. The van der Waals surface area contributed by atoms with Crippen LogP contribution in [0.25, 0.3) is 11.5 Å². The monoisotopic (exact) mass is 377 g/mol. The largest absolute Gasteiger partial charge is 0.598 e. The van der Waals surface area contributed by atoms with Crippen molar-refractivity contribution >= 4 is 11.4 Å². The molecule has 0 saturated heterocycles. The van der Waals surface area contributed by atoms with Crippen molar-refractivity contribution in [3.8, 4) is 11.5 Å². The van der Waals surface area contributed by atoms with Crippen LogP contribution in [-0.4, -0.2) is 19.3 Å². The third kappa shape index (κ3) is 3.52. The number of fused-ring (bicyclic) bond motifs is 1. The van der Waals surface area contributed by atoms with E-state index in [4.69, 9.17) is 4.42 Å². The lowest BCUT2D eigenvalue weighted by Gasteiger charge is -2.28. The van der Waals surface area contributed by atoms with E-state index < -0.39 is 17.2 Å². The molecular formula is C19H24FN3O2S. The molecule has 1 unspecified atom stereocenters. The van der Waals surface area contributed by atoms with Crippen LogP contribution < -0.4 is 4.72 Å². The van der Waals surface area contributed by atoms with Gasteiger partial charge in [0, 0.05) is 29.4 Å². The number of pyridine rings is 1. The average Bonchev–Trinajstić information content (AvgIpc) is 3.33. The molecule has 0 radical (unpaired) electrons. The highest BCUT2D eigenvalue weighted by molar-refractivity contribution is 7.90. The van der Waals surface area contributed by atoms with Gasteiger partial charge in [-0.15, -0.1) is 4.72 Å². The maximum Gasteiger partial charge on any atom is 0.229 e. The first kappa shape index (κ1) is 17.9. The number of hydrogen-bond acceptors (Lipinski definition) is 5. The second kappa shape index (κ2) is 6.62. The number of nitrogens with one attached hydrogen (secondary N) is 1. The van der Waals surface area contributed by atoms with E-state index >= 15 is 0 Å². The Labute approximate surface area is 156 Å². The predicted molar refractivity (Wildman–Crippen MR) is 98.4 cm³/mol. The first-order valence-electron chi connectivity index (χ1n) is 9.16. The SMILES string of the molecule is CC(C)(C)[S+]([O-])N[C@H]1CCCc2oc(-c3cc(C4CC4)ncc3F)nc21. The Morgan fingerprint density at radius 1 is 1.31 bits per heavy atom. The summed E-state index contributed by atoms with van der Waals surface area (Å²) in [6, 6.07) is 1.63. The fourth-order valence-corrected chi connectivity index (χ4v) is 4.02. The predicted octanol–water partition coefficient (Wildman–Crippen LogP) is 4.18. The Bertz CT molecular complexity index is 814. The molecular weight excluding hydrogens is 353 g/mol.